The minimum absolute atomic E-state index is 0.540. The highest BCUT2D eigenvalue weighted by Crippen LogP contribution is 2.35. The molecule has 0 radical (unpaired) electrons. The van der Waals surface area contributed by atoms with Crippen LogP contribution in [0, 0.1) is 5.92 Å². The first kappa shape index (κ1) is 12.2. The Kier molecular flexibility index (Phi) is 3.57. The number of fused-ring (bicyclic) bond motifs is 1. The van der Waals surface area contributed by atoms with Crippen molar-refractivity contribution in [3.05, 3.63) is 23.3 Å². The number of hydrogen-bond acceptors (Lipinski definition) is 2. The van der Waals surface area contributed by atoms with Gasteiger partial charge in [-0.2, -0.15) is 0 Å². The van der Waals surface area contributed by atoms with Gasteiger partial charge in [0.25, 0.3) is 0 Å². The van der Waals surface area contributed by atoms with E-state index in [-0.39, 0.29) is 0 Å². The Labute approximate surface area is 103 Å². The minimum Gasteiger partial charge on any atom is -0.493 e. The van der Waals surface area contributed by atoms with Gasteiger partial charge in [0.15, 0.2) is 11.5 Å². The van der Waals surface area contributed by atoms with E-state index in [0.717, 1.165) is 24.5 Å². The zero-order chi connectivity index (χ0) is 12.4. The van der Waals surface area contributed by atoms with Gasteiger partial charge in [0.1, 0.15) is 6.04 Å². The molecule has 0 fully saturated rings. The van der Waals surface area contributed by atoms with E-state index in [9.17, 15) is 0 Å². The Balaban J connectivity index is 2.47. The third-order valence-corrected chi connectivity index (χ3v) is 3.56. The van der Waals surface area contributed by atoms with Gasteiger partial charge in [-0.05, 0) is 17.7 Å². The molecule has 1 aromatic rings. The molecule has 0 saturated heterocycles. The molecule has 3 nitrogen and oxygen atoms in total. The van der Waals surface area contributed by atoms with Gasteiger partial charge >= 0.3 is 0 Å². The monoisotopic (exact) mass is 236 g/mol. The molecule has 3 heteroatoms. The number of ether oxygens (including phenoxy) is 2. The average molecular weight is 236 g/mol. The van der Waals surface area contributed by atoms with Crippen LogP contribution >= 0.6 is 0 Å². The smallest absolute Gasteiger partial charge is 0.161 e. The van der Waals surface area contributed by atoms with Gasteiger partial charge in [0.05, 0.1) is 20.8 Å². The van der Waals surface area contributed by atoms with Gasteiger partial charge in [-0.15, -0.1) is 0 Å². The summed E-state index contributed by atoms with van der Waals surface area (Å²) in [6.45, 7) is 5.70. The van der Waals surface area contributed by atoms with Crippen molar-refractivity contribution in [3.8, 4) is 11.5 Å². The van der Waals surface area contributed by atoms with Crippen LogP contribution in [0.3, 0.4) is 0 Å². The van der Waals surface area contributed by atoms with E-state index in [4.69, 9.17) is 9.47 Å². The summed E-state index contributed by atoms with van der Waals surface area (Å²) in [7, 11) is 3.39. The molecule has 0 bridgehead atoms. The number of methoxy groups -OCH3 is 2. The van der Waals surface area contributed by atoms with E-state index < -0.39 is 0 Å². The molecular formula is C14H22NO2+. The molecule has 2 N–H and O–H groups in total. The van der Waals surface area contributed by atoms with Crippen LogP contribution < -0.4 is 14.8 Å². The van der Waals surface area contributed by atoms with Crippen molar-refractivity contribution < 1.29 is 14.8 Å². The molecule has 1 aromatic carbocycles. The van der Waals surface area contributed by atoms with Gasteiger partial charge in [-0.1, -0.05) is 13.8 Å². The summed E-state index contributed by atoms with van der Waals surface area (Å²) in [6, 6.07) is 4.82. The lowest BCUT2D eigenvalue weighted by molar-refractivity contribution is -0.705. The molecule has 2 rings (SSSR count). The van der Waals surface area contributed by atoms with Crippen molar-refractivity contribution >= 4 is 0 Å². The van der Waals surface area contributed by atoms with E-state index in [1.807, 2.05) is 0 Å². The van der Waals surface area contributed by atoms with Gasteiger partial charge in [-0.25, -0.2) is 0 Å². The Morgan fingerprint density at radius 1 is 1.18 bits per heavy atom. The van der Waals surface area contributed by atoms with Crippen LogP contribution in [0.25, 0.3) is 0 Å². The third kappa shape index (κ3) is 2.25. The summed E-state index contributed by atoms with van der Waals surface area (Å²) in [5.41, 5.74) is 2.81. The van der Waals surface area contributed by atoms with Crippen molar-refractivity contribution in [1.29, 1.82) is 0 Å². The standard InChI is InChI=1S/C14H21NO2/c1-9(2)14-11-8-13(17-4)12(16-3)7-10(11)5-6-15-14/h7-9,14-15H,5-6H2,1-4H3/p+1. The zero-order valence-electron chi connectivity index (χ0n) is 11.1. The second-order valence-corrected chi connectivity index (χ2v) is 4.95. The lowest BCUT2D eigenvalue weighted by atomic mass is 9.87. The summed E-state index contributed by atoms with van der Waals surface area (Å²) in [4.78, 5) is 0. The Hall–Kier alpha value is -1.22. The lowest BCUT2D eigenvalue weighted by Gasteiger charge is -2.27. The highest BCUT2D eigenvalue weighted by atomic mass is 16.5. The first-order valence-electron chi connectivity index (χ1n) is 6.25. The van der Waals surface area contributed by atoms with Crippen molar-refractivity contribution in [2.24, 2.45) is 5.92 Å². The number of quaternary nitrogens is 1. The van der Waals surface area contributed by atoms with Gasteiger partial charge < -0.3 is 14.8 Å². The molecule has 1 aliphatic heterocycles. The zero-order valence-corrected chi connectivity index (χ0v) is 11.1. The predicted octanol–water partition coefficient (Wildman–Crippen LogP) is 1.52. The molecular weight excluding hydrogens is 214 g/mol. The Morgan fingerprint density at radius 3 is 2.41 bits per heavy atom. The van der Waals surface area contributed by atoms with Gasteiger partial charge in [0.2, 0.25) is 0 Å². The van der Waals surface area contributed by atoms with Gasteiger partial charge in [-0.3, -0.25) is 0 Å². The number of rotatable bonds is 3. The molecule has 0 aromatic heterocycles. The molecule has 1 aliphatic rings. The first-order valence-corrected chi connectivity index (χ1v) is 6.25. The van der Waals surface area contributed by atoms with Crippen LogP contribution in [0.5, 0.6) is 11.5 Å². The fourth-order valence-corrected chi connectivity index (χ4v) is 2.64. The van der Waals surface area contributed by atoms with Crippen LogP contribution in [0.4, 0.5) is 0 Å². The highest BCUT2D eigenvalue weighted by Gasteiger charge is 2.27. The normalized spacial score (nSPS) is 19.0. The minimum atomic E-state index is 0.540. The highest BCUT2D eigenvalue weighted by molar-refractivity contribution is 5.48. The SMILES string of the molecule is COc1cc2c(cc1OC)C(C(C)C)[NH2+]CC2. The number of nitrogens with two attached hydrogens (primary N) is 1. The van der Waals surface area contributed by atoms with E-state index in [1.54, 1.807) is 14.2 Å². The Bertz CT molecular complexity index is 401. The van der Waals surface area contributed by atoms with Crippen molar-refractivity contribution in [1.82, 2.24) is 0 Å². The third-order valence-electron chi connectivity index (χ3n) is 3.56. The van der Waals surface area contributed by atoms with Crippen molar-refractivity contribution in [2.75, 3.05) is 20.8 Å². The molecule has 1 heterocycles. The van der Waals surface area contributed by atoms with Crippen LogP contribution in [-0.2, 0) is 6.42 Å². The molecule has 1 atom stereocenters. The molecule has 0 aliphatic carbocycles. The Morgan fingerprint density at radius 2 is 1.82 bits per heavy atom. The van der Waals surface area contributed by atoms with Crippen LogP contribution in [0.2, 0.25) is 0 Å². The van der Waals surface area contributed by atoms with Crippen LogP contribution in [0.1, 0.15) is 31.0 Å². The van der Waals surface area contributed by atoms with E-state index >= 15 is 0 Å². The topological polar surface area (TPSA) is 35.1 Å². The first-order chi connectivity index (χ1) is 8.17. The molecule has 1 unspecified atom stereocenters. The van der Waals surface area contributed by atoms with Crippen LogP contribution in [0.15, 0.2) is 12.1 Å². The van der Waals surface area contributed by atoms with E-state index in [0.29, 0.717) is 12.0 Å². The molecule has 0 spiro atoms. The number of hydrogen-bond donors (Lipinski definition) is 1. The molecule has 0 saturated carbocycles. The number of benzene rings is 1. The van der Waals surface area contributed by atoms with Crippen molar-refractivity contribution in [2.45, 2.75) is 26.3 Å². The fraction of sp³-hybridized carbons (Fsp3) is 0.571. The molecule has 0 amide bonds. The van der Waals surface area contributed by atoms with E-state index in [2.05, 4.69) is 31.3 Å². The summed E-state index contributed by atoms with van der Waals surface area (Å²) < 4.78 is 10.8. The largest absolute Gasteiger partial charge is 0.493 e. The summed E-state index contributed by atoms with van der Waals surface area (Å²) in [5, 5.41) is 2.43. The maximum absolute atomic E-state index is 5.39. The summed E-state index contributed by atoms with van der Waals surface area (Å²) in [6.07, 6.45) is 1.11. The maximum atomic E-state index is 5.39. The average Bonchev–Trinajstić information content (AvgIpc) is 2.35. The lowest BCUT2D eigenvalue weighted by Crippen LogP contribution is -2.88. The fourth-order valence-electron chi connectivity index (χ4n) is 2.64. The van der Waals surface area contributed by atoms with E-state index in [1.165, 1.54) is 11.1 Å². The molecule has 17 heavy (non-hydrogen) atoms. The van der Waals surface area contributed by atoms with Crippen molar-refractivity contribution in [3.63, 3.8) is 0 Å². The second-order valence-electron chi connectivity index (χ2n) is 4.95. The second kappa shape index (κ2) is 4.96. The molecule has 94 valence electrons. The van der Waals surface area contributed by atoms with Gasteiger partial charge in [0, 0.05) is 17.9 Å². The summed E-state index contributed by atoms with van der Waals surface area (Å²) in [5.74, 6) is 2.31. The quantitative estimate of drug-likeness (QED) is 0.863. The predicted molar refractivity (Wildman–Crippen MR) is 67.6 cm³/mol. The van der Waals surface area contributed by atoms with Crippen LogP contribution in [-0.4, -0.2) is 20.8 Å². The summed E-state index contributed by atoms with van der Waals surface area (Å²) >= 11 is 0. The maximum Gasteiger partial charge on any atom is 0.161 e.